The number of hydrogen-bond donors (Lipinski definition) is 3. The van der Waals surface area contributed by atoms with Gasteiger partial charge in [-0.1, -0.05) is 105 Å². The Hall–Kier alpha value is -3.90. The minimum Gasteiger partial charge on any atom is -0.485 e. The third-order valence-electron chi connectivity index (χ3n) is 8.03. The highest BCUT2D eigenvalue weighted by Gasteiger charge is 2.50. The summed E-state index contributed by atoms with van der Waals surface area (Å²) in [5.41, 5.74) is 0.771. The van der Waals surface area contributed by atoms with Gasteiger partial charge in [0.05, 0.1) is 32.6 Å². The number of carbonyl (C=O) groups excluding carboxylic acids is 1. The number of thiophene rings is 1. The molecule has 0 saturated carbocycles. The molecule has 3 aromatic carbocycles. The fourth-order valence-electron chi connectivity index (χ4n) is 5.74. The maximum Gasteiger partial charge on any atom is 0.297 e. The Morgan fingerprint density at radius 3 is 2.16 bits per heavy atom. The van der Waals surface area contributed by atoms with Crippen LogP contribution < -0.4 is 31.3 Å². The molecule has 0 bridgehead atoms. The first-order chi connectivity index (χ1) is 23.5. The summed E-state index contributed by atoms with van der Waals surface area (Å²) < 4.78 is 14.9. The average Bonchev–Trinajstić information content (AvgIpc) is 3.53. The van der Waals surface area contributed by atoms with Gasteiger partial charge in [-0.05, 0) is 57.9 Å². The van der Waals surface area contributed by atoms with Crippen molar-refractivity contribution in [3.63, 3.8) is 0 Å². The Morgan fingerprint density at radius 2 is 1.57 bits per heavy atom. The van der Waals surface area contributed by atoms with Crippen molar-refractivity contribution in [2.24, 2.45) is 0 Å². The van der Waals surface area contributed by atoms with E-state index in [9.17, 15) is 14.7 Å². The molecule has 0 spiro atoms. The fraction of sp³-hybridized carbons (Fsp3) is 0.243. The molecular weight excluding hydrogens is 697 g/mol. The van der Waals surface area contributed by atoms with Gasteiger partial charge in [0.2, 0.25) is 0 Å². The molecule has 1 atom stereocenters. The molecule has 1 amide bonds. The van der Waals surface area contributed by atoms with Crippen LogP contribution in [0.1, 0.15) is 30.4 Å². The summed E-state index contributed by atoms with van der Waals surface area (Å²) in [6, 6.07) is 32.5. The quantitative estimate of drug-likeness (QED) is 0.0907. The van der Waals surface area contributed by atoms with Crippen molar-refractivity contribution >= 4 is 64.8 Å². The molecule has 0 aliphatic heterocycles. The van der Waals surface area contributed by atoms with Crippen LogP contribution in [0, 0.1) is 0 Å². The van der Waals surface area contributed by atoms with E-state index < -0.39 is 14.4 Å². The molecular formula is C37H39Cl2N3O5SSi. The summed E-state index contributed by atoms with van der Waals surface area (Å²) in [5, 5.41) is 18.7. The Morgan fingerprint density at radius 1 is 0.898 bits per heavy atom. The van der Waals surface area contributed by atoms with Crippen molar-refractivity contribution in [1.29, 1.82) is 0 Å². The van der Waals surface area contributed by atoms with E-state index in [0.717, 1.165) is 0 Å². The van der Waals surface area contributed by atoms with Crippen LogP contribution in [0.5, 0.6) is 5.75 Å². The van der Waals surface area contributed by atoms with Gasteiger partial charge in [-0.3, -0.25) is 14.2 Å². The van der Waals surface area contributed by atoms with Crippen molar-refractivity contribution in [3.8, 4) is 11.4 Å². The van der Waals surface area contributed by atoms with E-state index in [1.807, 2.05) is 36.4 Å². The van der Waals surface area contributed by atoms with Gasteiger partial charge in [0, 0.05) is 25.0 Å². The fourth-order valence-corrected chi connectivity index (χ4v) is 11.5. The molecule has 256 valence electrons. The second-order valence-electron chi connectivity index (χ2n) is 12.4. The van der Waals surface area contributed by atoms with E-state index in [2.05, 4.69) is 55.7 Å². The van der Waals surface area contributed by atoms with Crippen molar-refractivity contribution in [3.05, 3.63) is 134 Å². The number of ether oxygens (including phenoxy) is 1. The topological polar surface area (TPSA) is 102 Å². The van der Waals surface area contributed by atoms with Gasteiger partial charge < -0.3 is 24.9 Å². The smallest absolute Gasteiger partial charge is 0.297 e. The van der Waals surface area contributed by atoms with Crippen molar-refractivity contribution < 1.29 is 19.1 Å². The van der Waals surface area contributed by atoms with Gasteiger partial charge in [0.25, 0.3) is 19.8 Å². The lowest BCUT2D eigenvalue weighted by Crippen LogP contribution is -2.66. The predicted molar refractivity (Wildman–Crippen MR) is 202 cm³/mol. The molecule has 5 aromatic rings. The number of hydrogen-bond acceptors (Lipinski definition) is 7. The molecule has 0 aliphatic rings. The molecule has 0 fully saturated rings. The largest absolute Gasteiger partial charge is 0.485 e. The first-order valence-corrected chi connectivity index (χ1v) is 19.3. The summed E-state index contributed by atoms with van der Waals surface area (Å²) in [5.74, 6) is -0.117. The Kier molecular flexibility index (Phi) is 12.0. The van der Waals surface area contributed by atoms with E-state index >= 15 is 0 Å². The first kappa shape index (κ1) is 36.4. The van der Waals surface area contributed by atoms with Crippen LogP contribution in [-0.4, -0.2) is 56.3 Å². The summed E-state index contributed by atoms with van der Waals surface area (Å²) in [6.07, 6.45) is 0.783. The lowest BCUT2D eigenvalue weighted by molar-refractivity contribution is 0.0926. The van der Waals surface area contributed by atoms with E-state index in [4.69, 9.17) is 32.4 Å². The molecule has 3 N–H and O–H groups in total. The Bertz CT molecular complexity index is 1880. The van der Waals surface area contributed by atoms with Crippen LogP contribution >= 0.6 is 34.5 Å². The Labute approximate surface area is 301 Å². The van der Waals surface area contributed by atoms with Gasteiger partial charge >= 0.3 is 0 Å². The lowest BCUT2D eigenvalue weighted by atomic mass is 10.2. The molecule has 0 radical (unpaired) electrons. The molecule has 5 rings (SSSR count). The monoisotopic (exact) mass is 735 g/mol. The molecule has 2 heterocycles. The first-order valence-electron chi connectivity index (χ1n) is 15.8. The summed E-state index contributed by atoms with van der Waals surface area (Å²) >= 11 is 13.7. The van der Waals surface area contributed by atoms with E-state index in [0.29, 0.717) is 32.2 Å². The van der Waals surface area contributed by atoms with Crippen molar-refractivity contribution in [2.75, 3.05) is 31.6 Å². The number of carbonyl (C=O) groups is 1. The van der Waals surface area contributed by atoms with E-state index in [1.54, 1.807) is 48.7 Å². The zero-order valence-corrected chi connectivity index (χ0v) is 30.8. The summed E-state index contributed by atoms with van der Waals surface area (Å²) in [4.78, 5) is 26.2. The van der Waals surface area contributed by atoms with Gasteiger partial charge in [-0.2, -0.15) is 0 Å². The minimum absolute atomic E-state index is 0.0539. The number of anilines is 1. The number of halogens is 2. The van der Waals surface area contributed by atoms with Gasteiger partial charge in [-0.25, -0.2) is 0 Å². The number of benzene rings is 3. The van der Waals surface area contributed by atoms with Crippen LogP contribution in [-0.2, 0) is 4.43 Å². The second kappa shape index (κ2) is 16.2. The lowest BCUT2D eigenvalue weighted by Gasteiger charge is -2.43. The molecule has 0 unspecified atom stereocenters. The molecule has 2 aromatic heterocycles. The van der Waals surface area contributed by atoms with Crippen molar-refractivity contribution in [1.82, 2.24) is 9.88 Å². The summed E-state index contributed by atoms with van der Waals surface area (Å²) in [6.45, 7) is 7.34. The Balaban J connectivity index is 1.22. The molecule has 0 aliphatic carbocycles. The number of pyridine rings is 1. The molecule has 49 heavy (non-hydrogen) atoms. The number of nitrogens with zero attached hydrogens (tertiary/aromatic N) is 1. The number of rotatable bonds is 14. The maximum atomic E-state index is 13.5. The highest BCUT2D eigenvalue weighted by Crippen LogP contribution is 2.36. The van der Waals surface area contributed by atoms with Crippen LogP contribution in [0.25, 0.3) is 5.69 Å². The molecule has 0 saturated heterocycles. The SMILES string of the molecule is CC(C)(C)[Si](OCCOc1cccn(-c2ccc(NC[C@@H](O)CNC(=O)c3ccc(Cl)s3)cc2Cl)c1=O)(c1ccccc1)c1ccccc1. The minimum atomic E-state index is -2.74. The third-order valence-corrected chi connectivity index (χ3v) is 14.6. The summed E-state index contributed by atoms with van der Waals surface area (Å²) in [7, 11) is -2.74. The van der Waals surface area contributed by atoms with Crippen LogP contribution in [0.3, 0.4) is 0 Å². The normalized spacial score (nSPS) is 12.4. The highest BCUT2D eigenvalue weighted by atomic mass is 35.5. The molecule has 8 nitrogen and oxygen atoms in total. The number of aliphatic hydroxyl groups is 1. The maximum absolute atomic E-state index is 13.5. The van der Waals surface area contributed by atoms with Gasteiger partial charge in [0.15, 0.2) is 5.75 Å². The standard InChI is InChI=1S/C37H39Cl2N3O5SSi/c1-37(2,3)49(28-11-6-4-7-12-28,29-13-8-5-9-14-29)47-22-21-46-32-15-10-20-42(36(32)45)31-17-16-26(23-30(31)38)40-24-27(43)25-41-35(44)33-18-19-34(39)48-33/h4-20,23,27,40,43H,21-22,24-25H2,1-3H3,(H,41,44)/t27-/m1/s1. The van der Waals surface area contributed by atoms with Crippen LogP contribution in [0.2, 0.25) is 14.4 Å². The van der Waals surface area contributed by atoms with E-state index in [1.165, 1.54) is 26.3 Å². The number of nitrogens with one attached hydrogen (secondary N) is 2. The molecule has 12 heteroatoms. The average molecular weight is 737 g/mol. The van der Waals surface area contributed by atoms with Crippen molar-refractivity contribution in [2.45, 2.75) is 31.9 Å². The predicted octanol–water partition coefficient (Wildman–Crippen LogP) is 6.36. The zero-order valence-electron chi connectivity index (χ0n) is 27.5. The van der Waals surface area contributed by atoms with Gasteiger partial charge in [-0.15, -0.1) is 11.3 Å². The number of amides is 1. The number of aromatic nitrogens is 1. The zero-order chi connectivity index (χ0) is 35.0. The van der Waals surface area contributed by atoms with Gasteiger partial charge in [0.1, 0.15) is 6.61 Å². The highest BCUT2D eigenvalue weighted by molar-refractivity contribution is 7.18. The van der Waals surface area contributed by atoms with Crippen LogP contribution in [0.15, 0.2) is 114 Å². The van der Waals surface area contributed by atoms with E-state index in [-0.39, 0.29) is 42.0 Å². The second-order valence-corrected chi connectivity index (χ2v) is 18.9. The third kappa shape index (κ3) is 8.64. The number of aliphatic hydroxyl groups excluding tert-OH is 1. The van der Waals surface area contributed by atoms with Crippen LogP contribution in [0.4, 0.5) is 5.69 Å².